The number of halogens is 1. The van der Waals surface area contributed by atoms with Crippen molar-refractivity contribution in [3.63, 3.8) is 0 Å². The maximum atomic E-state index is 12.1. The van der Waals surface area contributed by atoms with E-state index in [1.54, 1.807) is 22.6 Å². The lowest BCUT2D eigenvalue weighted by molar-refractivity contribution is 0.101. The molecule has 96 valence electrons. The fourth-order valence-corrected chi connectivity index (χ4v) is 2.32. The van der Waals surface area contributed by atoms with Crippen LogP contribution in [0.25, 0.3) is 0 Å². The number of carbonyl (C=O) groups excluding carboxylic acids is 1. The van der Waals surface area contributed by atoms with Gasteiger partial charge in [0.1, 0.15) is 5.69 Å². The number of hydrogen-bond donors (Lipinski definition) is 0. The monoisotopic (exact) mass is 274 g/mol. The van der Waals surface area contributed by atoms with Crippen LogP contribution in [0, 0.1) is 0 Å². The van der Waals surface area contributed by atoms with Gasteiger partial charge in [0.2, 0.25) is 0 Å². The van der Waals surface area contributed by atoms with E-state index < -0.39 is 0 Å². The fraction of sp³-hybridized carbons (Fsp3) is 0.667. The first-order chi connectivity index (χ1) is 7.85. The van der Waals surface area contributed by atoms with Crippen LogP contribution in [-0.4, -0.2) is 26.1 Å². The molecule has 0 fully saturated rings. The number of aromatic nitrogens is 2. The van der Waals surface area contributed by atoms with Crippen LogP contribution in [0.2, 0.25) is 5.02 Å². The summed E-state index contributed by atoms with van der Waals surface area (Å²) in [6, 6.07) is 0. The maximum Gasteiger partial charge on any atom is 0.192 e. The number of aryl methyl sites for hydroxylation is 1. The Morgan fingerprint density at radius 1 is 1.53 bits per heavy atom. The predicted octanol–water partition coefficient (Wildman–Crippen LogP) is 3.66. The number of carbonyl (C=O) groups is 1. The molecule has 17 heavy (non-hydrogen) atoms. The normalized spacial score (nSPS) is 11.8. The SMILES string of the molecule is CCCn1ncc(Cl)c1C(=O)CSC(C)(C)C. The van der Waals surface area contributed by atoms with Gasteiger partial charge < -0.3 is 0 Å². The Hall–Kier alpha value is -0.480. The summed E-state index contributed by atoms with van der Waals surface area (Å²) in [7, 11) is 0. The molecule has 0 atom stereocenters. The molecule has 0 saturated carbocycles. The number of hydrogen-bond acceptors (Lipinski definition) is 3. The second-order valence-corrected chi connectivity index (χ2v) is 7.10. The van der Waals surface area contributed by atoms with Gasteiger partial charge in [-0.15, -0.1) is 11.8 Å². The molecule has 0 N–H and O–H groups in total. The highest BCUT2D eigenvalue weighted by Gasteiger charge is 2.20. The summed E-state index contributed by atoms with van der Waals surface area (Å²) < 4.78 is 1.78. The van der Waals surface area contributed by atoms with Gasteiger partial charge in [0.05, 0.1) is 17.0 Å². The zero-order valence-electron chi connectivity index (χ0n) is 10.8. The lowest BCUT2D eigenvalue weighted by atomic mass is 10.3. The molecule has 0 saturated heterocycles. The molecule has 1 aromatic heterocycles. The summed E-state index contributed by atoms with van der Waals surface area (Å²) >= 11 is 7.64. The average molecular weight is 275 g/mol. The van der Waals surface area contributed by atoms with E-state index in [0.717, 1.165) is 13.0 Å². The van der Waals surface area contributed by atoms with Crippen LogP contribution in [0.5, 0.6) is 0 Å². The molecular weight excluding hydrogens is 256 g/mol. The number of ketones is 1. The van der Waals surface area contributed by atoms with Gasteiger partial charge >= 0.3 is 0 Å². The first kappa shape index (κ1) is 14.6. The molecule has 0 bridgehead atoms. The molecule has 0 radical (unpaired) electrons. The summed E-state index contributed by atoms with van der Waals surface area (Å²) in [4.78, 5) is 12.1. The van der Waals surface area contributed by atoms with Crippen LogP contribution in [-0.2, 0) is 6.54 Å². The molecular formula is C12H19ClN2OS. The first-order valence-electron chi connectivity index (χ1n) is 5.73. The Morgan fingerprint density at radius 3 is 2.71 bits per heavy atom. The van der Waals surface area contributed by atoms with E-state index in [9.17, 15) is 4.79 Å². The van der Waals surface area contributed by atoms with Crippen LogP contribution >= 0.6 is 23.4 Å². The van der Waals surface area contributed by atoms with Gasteiger partial charge in [-0.05, 0) is 6.42 Å². The molecule has 0 aliphatic heterocycles. The molecule has 0 amide bonds. The van der Waals surface area contributed by atoms with E-state index in [4.69, 9.17) is 11.6 Å². The van der Waals surface area contributed by atoms with Gasteiger partial charge in [-0.3, -0.25) is 9.48 Å². The van der Waals surface area contributed by atoms with Gasteiger partial charge in [0.15, 0.2) is 5.78 Å². The van der Waals surface area contributed by atoms with E-state index in [-0.39, 0.29) is 10.5 Å². The third kappa shape index (κ3) is 4.36. The second kappa shape index (κ2) is 5.91. The summed E-state index contributed by atoms with van der Waals surface area (Å²) in [6.45, 7) is 9.06. The third-order valence-corrected chi connectivity index (χ3v) is 3.68. The van der Waals surface area contributed by atoms with Crippen LogP contribution in [0.4, 0.5) is 0 Å². The van der Waals surface area contributed by atoms with Crippen molar-refractivity contribution in [3.05, 3.63) is 16.9 Å². The lowest BCUT2D eigenvalue weighted by Gasteiger charge is -2.17. The molecule has 0 spiro atoms. The molecule has 1 aromatic rings. The van der Waals surface area contributed by atoms with E-state index in [1.165, 1.54) is 0 Å². The maximum absolute atomic E-state index is 12.1. The summed E-state index contributed by atoms with van der Waals surface area (Å²) in [5.74, 6) is 0.499. The largest absolute Gasteiger partial charge is 0.291 e. The van der Waals surface area contributed by atoms with Crippen molar-refractivity contribution >= 4 is 29.1 Å². The first-order valence-corrected chi connectivity index (χ1v) is 7.10. The summed E-state index contributed by atoms with van der Waals surface area (Å²) in [5.41, 5.74) is 0.547. The molecule has 0 aliphatic carbocycles. The van der Waals surface area contributed by atoms with Crippen molar-refractivity contribution < 1.29 is 4.79 Å². The fourth-order valence-electron chi connectivity index (χ4n) is 1.37. The van der Waals surface area contributed by atoms with Crippen LogP contribution in [0.1, 0.15) is 44.6 Å². The van der Waals surface area contributed by atoms with E-state index >= 15 is 0 Å². The average Bonchev–Trinajstić information content (AvgIpc) is 2.56. The van der Waals surface area contributed by atoms with Gasteiger partial charge in [-0.2, -0.15) is 5.10 Å². The highest BCUT2D eigenvalue weighted by Crippen LogP contribution is 2.25. The minimum Gasteiger partial charge on any atom is -0.291 e. The number of thioether (sulfide) groups is 1. The van der Waals surface area contributed by atoms with Gasteiger partial charge in [-0.1, -0.05) is 39.3 Å². The van der Waals surface area contributed by atoms with Crippen LogP contribution in [0.3, 0.4) is 0 Å². The van der Waals surface area contributed by atoms with Crippen molar-refractivity contribution in [1.29, 1.82) is 0 Å². The quantitative estimate of drug-likeness (QED) is 0.769. The molecule has 3 nitrogen and oxygen atoms in total. The Balaban J connectivity index is 2.77. The topological polar surface area (TPSA) is 34.9 Å². The van der Waals surface area contributed by atoms with Gasteiger partial charge in [0.25, 0.3) is 0 Å². The minimum absolute atomic E-state index is 0.0564. The van der Waals surface area contributed by atoms with Crippen molar-refractivity contribution in [2.75, 3.05) is 5.75 Å². The van der Waals surface area contributed by atoms with E-state index in [1.807, 2.05) is 6.92 Å². The number of Topliss-reactive ketones (excluding diaryl/α,β-unsaturated/α-hetero) is 1. The Labute approximate surface area is 112 Å². The van der Waals surface area contributed by atoms with Crippen molar-refractivity contribution in [2.45, 2.75) is 45.4 Å². The van der Waals surface area contributed by atoms with Gasteiger partial charge in [0, 0.05) is 11.3 Å². The zero-order valence-corrected chi connectivity index (χ0v) is 12.4. The highest BCUT2D eigenvalue weighted by atomic mass is 35.5. The van der Waals surface area contributed by atoms with Crippen LogP contribution < -0.4 is 0 Å². The van der Waals surface area contributed by atoms with Crippen LogP contribution in [0.15, 0.2) is 6.20 Å². The van der Waals surface area contributed by atoms with Gasteiger partial charge in [-0.25, -0.2) is 0 Å². The Kier molecular flexibility index (Phi) is 5.07. The summed E-state index contributed by atoms with van der Waals surface area (Å²) in [5, 5.41) is 4.58. The van der Waals surface area contributed by atoms with E-state index in [2.05, 4.69) is 25.9 Å². The van der Waals surface area contributed by atoms with Crippen molar-refractivity contribution in [1.82, 2.24) is 9.78 Å². The smallest absolute Gasteiger partial charge is 0.192 e. The Morgan fingerprint density at radius 2 is 2.18 bits per heavy atom. The third-order valence-electron chi connectivity index (χ3n) is 2.13. The van der Waals surface area contributed by atoms with Crippen molar-refractivity contribution in [3.8, 4) is 0 Å². The van der Waals surface area contributed by atoms with Crippen molar-refractivity contribution in [2.24, 2.45) is 0 Å². The lowest BCUT2D eigenvalue weighted by Crippen LogP contribution is -2.17. The van der Waals surface area contributed by atoms with E-state index in [0.29, 0.717) is 16.5 Å². The summed E-state index contributed by atoms with van der Waals surface area (Å²) in [6.07, 6.45) is 2.48. The Bertz CT molecular complexity index is 396. The molecule has 0 aromatic carbocycles. The number of rotatable bonds is 5. The predicted molar refractivity (Wildman–Crippen MR) is 74.1 cm³/mol. The standard InChI is InChI=1S/C12H19ClN2OS/c1-5-6-15-11(9(13)7-14-15)10(16)8-17-12(2,3)4/h7H,5-6,8H2,1-4H3. The molecule has 1 heterocycles. The zero-order chi connectivity index (χ0) is 13.1. The molecule has 5 heteroatoms. The molecule has 0 aliphatic rings. The minimum atomic E-state index is 0.0564. The highest BCUT2D eigenvalue weighted by molar-refractivity contribution is 8.01. The molecule has 0 unspecified atom stereocenters. The molecule has 1 rings (SSSR count). The second-order valence-electron chi connectivity index (χ2n) is 4.89. The number of nitrogens with zero attached hydrogens (tertiary/aromatic N) is 2.